The fourth-order valence-corrected chi connectivity index (χ4v) is 1.64. The molecule has 0 bridgehead atoms. The van der Waals surface area contributed by atoms with Crippen molar-refractivity contribution in [2.75, 3.05) is 24.7 Å². The minimum atomic E-state index is -3.37. The Balaban J connectivity index is 2.32. The number of nitrogens with zero attached hydrogens (tertiary/aromatic N) is 1. The zero-order valence-electron chi connectivity index (χ0n) is 9.01. The molecule has 0 aliphatic heterocycles. The molecule has 7 heteroatoms. The molecule has 1 aromatic heterocycles. The predicted molar refractivity (Wildman–Crippen MR) is 61.9 cm³/mol. The number of sulfonamides is 1. The van der Waals surface area contributed by atoms with Gasteiger partial charge in [0.2, 0.25) is 10.0 Å². The first-order chi connectivity index (χ1) is 7.51. The summed E-state index contributed by atoms with van der Waals surface area (Å²) in [5, 5.41) is 7.85. The summed E-state index contributed by atoms with van der Waals surface area (Å²) in [5.74, 6) is 1.32. The molecule has 0 amide bonds. The van der Waals surface area contributed by atoms with Gasteiger partial charge in [-0.1, -0.05) is 0 Å². The number of hydrogen-bond acceptors (Lipinski definition) is 5. The lowest BCUT2D eigenvalue weighted by Gasteiger charge is -2.05. The second kappa shape index (κ2) is 5.66. The zero-order valence-corrected chi connectivity index (χ0v) is 9.83. The SMILES string of the molecule is COc1ccc(NCCCS(N)(=O)=O)nc1. The number of anilines is 1. The lowest BCUT2D eigenvalue weighted by Crippen LogP contribution is -2.18. The van der Waals surface area contributed by atoms with Crippen molar-refractivity contribution in [3.8, 4) is 5.75 Å². The van der Waals surface area contributed by atoms with E-state index >= 15 is 0 Å². The van der Waals surface area contributed by atoms with Crippen LogP contribution in [0.1, 0.15) is 6.42 Å². The fraction of sp³-hybridized carbons (Fsp3) is 0.444. The Kier molecular flexibility index (Phi) is 4.51. The van der Waals surface area contributed by atoms with Crippen molar-refractivity contribution < 1.29 is 13.2 Å². The van der Waals surface area contributed by atoms with Crippen LogP contribution in [0.25, 0.3) is 0 Å². The molecule has 1 aromatic rings. The first-order valence-electron chi connectivity index (χ1n) is 4.75. The number of nitrogens with two attached hydrogens (primary N) is 1. The van der Waals surface area contributed by atoms with Crippen LogP contribution in [0.15, 0.2) is 18.3 Å². The highest BCUT2D eigenvalue weighted by molar-refractivity contribution is 7.89. The number of aromatic nitrogens is 1. The Morgan fingerprint density at radius 3 is 2.75 bits per heavy atom. The van der Waals surface area contributed by atoms with Crippen LogP contribution < -0.4 is 15.2 Å². The van der Waals surface area contributed by atoms with E-state index in [1.54, 1.807) is 25.4 Å². The average Bonchev–Trinajstić information content (AvgIpc) is 2.24. The van der Waals surface area contributed by atoms with Gasteiger partial charge in [-0.25, -0.2) is 18.5 Å². The molecule has 0 saturated carbocycles. The molecule has 0 fully saturated rings. The van der Waals surface area contributed by atoms with Crippen LogP contribution >= 0.6 is 0 Å². The minimum absolute atomic E-state index is 0.0316. The Bertz CT molecular complexity index is 416. The van der Waals surface area contributed by atoms with Crippen molar-refractivity contribution in [2.45, 2.75) is 6.42 Å². The molecule has 0 atom stereocenters. The van der Waals surface area contributed by atoms with Crippen molar-refractivity contribution in [2.24, 2.45) is 5.14 Å². The van der Waals surface area contributed by atoms with Crippen LogP contribution in [-0.4, -0.2) is 32.8 Å². The van der Waals surface area contributed by atoms with Crippen molar-refractivity contribution in [3.05, 3.63) is 18.3 Å². The Labute approximate surface area is 94.9 Å². The van der Waals surface area contributed by atoms with Gasteiger partial charge in [0.1, 0.15) is 11.6 Å². The topological polar surface area (TPSA) is 94.3 Å². The summed E-state index contributed by atoms with van der Waals surface area (Å²) < 4.78 is 26.2. The van der Waals surface area contributed by atoms with Crippen molar-refractivity contribution in [1.29, 1.82) is 0 Å². The standard InChI is InChI=1S/C9H15N3O3S/c1-15-8-3-4-9(12-7-8)11-5-2-6-16(10,13)14/h3-4,7H,2,5-6H2,1H3,(H,11,12)(H2,10,13,14). The molecular formula is C9H15N3O3S. The first-order valence-corrected chi connectivity index (χ1v) is 6.47. The maximum atomic E-state index is 10.6. The van der Waals surface area contributed by atoms with Crippen LogP contribution in [0.4, 0.5) is 5.82 Å². The Morgan fingerprint density at radius 2 is 2.25 bits per heavy atom. The number of pyridine rings is 1. The molecular weight excluding hydrogens is 230 g/mol. The molecule has 0 unspecified atom stereocenters. The van der Waals surface area contributed by atoms with Crippen molar-refractivity contribution in [3.63, 3.8) is 0 Å². The Morgan fingerprint density at radius 1 is 1.50 bits per heavy atom. The third kappa shape index (κ3) is 4.94. The summed E-state index contributed by atoms with van der Waals surface area (Å²) in [6.07, 6.45) is 2.04. The lowest BCUT2D eigenvalue weighted by molar-refractivity contribution is 0.413. The van der Waals surface area contributed by atoms with Crippen LogP contribution in [-0.2, 0) is 10.0 Å². The highest BCUT2D eigenvalue weighted by Gasteiger charge is 2.01. The van der Waals surface area contributed by atoms with Gasteiger partial charge in [0.25, 0.3) is 0 Å². The highest BCUT2D eigenvalue weighted by atomic mass is 32.2. The summed E-state index contributed by atoms with van der Waals surface area (Å²) in [6.45, 7) is 0.510. The molecule has 3 N–H and O–H groups in total. The van der Waals surface area contributed by atoms with E-state index in [2.05, 4.69) is 10.3 Å². The van der Waals surface area contributed by atoms with Gasteiger partial charge >= 0.3 is 0 Å². The van der Waals surface area contributed by atoms with Gasteiger partial charge in [0.15, 0.2) is 0 Å². The zero-order chi connectivity index (χ0) is 12.0. The average molecular weight is 245 g/mol. The van der Waals surface area contributed by atoms with Gasteiger partial charge < -0.3 is 10.1 Å². The summed E-state index contributed by atoms with van der Waals surface area (Å²) in [4.78, 5) is 4.07. The van der Waals surface area contributed by atoms with Crippen molar-refractivity contribution >= 4 is 15.8 Å². The molecule has 16 heavy (non-hydrogen) atoms. The van der Waals surface area contributed by atoms with E-state index in [4.69, 9.17) is 9.88 Å². The number of hydrogen-bond donors (Lipinski definition) is 2. The Hall–Kier alpha value is -1.34. The molecule has 0 radical (unpaired) electrons. The second-order valence-corrected chi connectivity index (χ2v) is 4.96. The van der Waals surface area contributed by atoms with Gasteiger partial charge in [-0.05, 0) is 18.6 Å². The third-order valence-corrected chi connectivity index (χ3v) is 2.74. The maximum absolute atomic E-state index is 10.6. The molecule has 1 rings (SSSR count). The normalized spacial score (nSPS) is 11.1. The quantitative estimate of drug-likeness (QED) is 0.697. The molecule has 1 heterocycles. The van der Waals surface area contributed by atoms with E-state index in [1.165, 1.54) is 0 Å². The van der Waals surface area contributed by atoms with E-state index in [-0.39, 0.29) is 5.75 Å². The molecule has 6 nitrogen and oxygen atoms in total. The monoisotopic (exact) mass is 245 g/mol. The number of ether oxygens (including phenoxy) is 1. The molecule has 0 spiro atoms. The fourth-order valence-electron chi connectivity index (χ4n) is 1.10. The highest BCUT2D eigenvalue weighted by Crippen LogP contribution is 2.10. The minimum Gasteiger partial charge on any atom is -0.495 e. The van der Waals surface area contributed by atoms with Gasteiger partial charge in [-0.3, -0.25) is 0 Å². The number of rotatable bonds is 6. The van der Waals surface area contributed by atoms with Gasteiger partial charge in [0.05, 0.1) is 19.1 Å². The second-order valence-electron chi connectivity index (χ2n) is 3.23. The summed E-state index contributed by atoms with van der Waals surface area (Å²) in [7, 11) is -1.80. The molecule has 0 saturated heterocycles. The molecule has 0 aliphatic carbocycles. The smallest absolute Gasteiger partial charge is 0.209 e. The van der Waals surface area contributed by atoms with Gasteiger partial charge in [0, 0.05) is 6.54 Å². The van der Waals surface area contributed by atoms with E-state index in [1.807, 2.05) is 0 Å². The van der Waals surface area contributed by atoms with E-state index < -0.39 is 10.0 Å². The largest absolute Gasteiger partial charge is 0.495 e. The van der Waals surface area contributed by atoms with Crippen LogP contribution in [0.3, 0.4) is 0 Å². The van der Waals surface area contributed by atoms with E-state index in [0.29, 0.717) is 24.5 Å². The molecule has 0 aliphatic rings. The summed E-state index contributed by atoms with van der Waals surface area (Å²) in [6, 6.07) is 3.53. The molecule has 0 aromatic carbocycles. The van der Waals surface area contributed by atoms with Gasteiger partial charge in [-0.15, -0.1) is 0 Å². The number of primary sulfonamides is 1. The van der Waals surface area contributed by atoms with Gasteiger partial charge in [-0.2, -0.15) is 0 Å². The summed E-state index contributed by atoms with van der Waals surface area (Å²) in [5.41, 5.74) is 0. The number of nitrogens with one attached hydrogen (secondary N) is 1. The van der Waals surface area contributed by atoms with Crippen LogP contribution in [0.5, 0.6) is 5.75 Å². The van der Waals surface area contributed by atoms with Crippen molar-refractivity contribution in [1.82, 2.24) is 4.98 Å². The van der Waals surface area contributed by atoms with Crippen LogP contribution in [0, 0.1) is 0 Å². The molecule has 90 valence electrons. The first kappa shape index (κ1) is 12.7. The lowest BCUT2D eigenvalue weighted by atomic mass is 10.4. The van der Waals surface area contributed by atoms with Crippen LogP contribution in [0.2, 0.25) is 0 Å². The van der Waals surface area contributed by atoms with E-state index in [9.17, 15) is 8.42 Å². The maximum Gasteiger partial charge on any atom is 0.209 e. The predicted octanol–water partition coefficient (Wildman–Crippen LogP) is 0.181. The third-order valence-electron chi connectivity index (χ3n) is 1.88. The summed E-state index contributed by atoms with van der Waals surface area (Å²) >= 11 is 0. The van der Waals surface area contributed by atoms with E-state index in [0.717, 1.165) is 0 Å². The number of methoxy groups -OCH3 is 1.